The molecule has 0 amide bonds. The van der Waals surface area contributed by atoms with Crippen molar-refractivity contribution in [1.29, 1.82) is 0 Å². The van der Waals surface area contributed by atoms with Gasteiger partial charge in [-0.1, -0.05) is 27.7 Å². The molecule has 1 rings (SSSR count). The number of aromatic nitrogens is 2. The van der Waals surface area contributed by atoms with Gasteiger partial charge in [0.25, 0.3) is 0 Å². The third-order valence-electron chi connectivity index (χ3n) is 2.97. The van der Waals surface area contributed by atoms with E-state index >= 15 is 0 Å². The van der Waals surface area contributed by atoms with Crippen molar-refractivity contribution in [2.75, 3.05) is 23.7 Å². The zero-order chi connectivity index (χ0) is 15.9. The number of aryl methyl sites for hydroxylation is 1. The van der Waals surface area contributed by atoms with Crippen molar-refractivity contribution < 1.29 is 5.11 Å². The molecule has 21 heavy (non-hydrogen) atoms. The predicted octanol–water partition coefficient (Wildman–Crippen LogP) is 3.07. The van der Waals surface area contributed by atoms with Crippen LogP contribution < -0.4 is 10.6 Å². The van der Waals surface area contributed by atoms with Gasteiger partial charge in [-0.3, -0.25) is 0 Å². The molecule has 1 unspecified atom stereocenters. The smallest absolute Gasteiger partial charge is 0.133 e. The summed E-state index contributed by atoms with van der Waals surface area (Å²) < 4.78 is 0. The molecular weight excluding hydrogens is 264 g/mol. The van der Waals surface area contributed by atoms with Crippen LogP contribution in [0, 0.1) is 5.41 Å². The van der Waals surface area contributed by atoms with E-state index in [0.29, 0.717) is 6.54 Å². The number of nitrogens with zero attached hydrogens (tertiary/aromatic N) is 2. The monoisotopic (exact) mass is 294 g/mol. The van der Waals surface area contributed by atoms with Gasteiger partial charge in [0.05, 0.1) is 6.10 Å². The molecule has 0 bridgehead atoms. The van der Waals surface area contributed by atoms with Crippen LogP contribution in [0.25, 0.3) is 0 Å². The third kappa shape index (κ3) is 7.27. The highest BCUT2D eigenvalue weighted by Crippen LogP contribution is 2.21. The first-order valence-corrected chi connectivity index (χ1v) is 7.87. The van der Waals surface area contributed by atoms with E-state index in [1.165, 1.54) is 0 Å². The second-order valence-electron chi connectivity index (χ2n) is 6.63. The van der Waals surface area contributed by atoms with Gasteiger partial charge in [-0.15, -0.1) is 0 Å². The maximum absolute atomic E-state index is 10.1. The molecule has 1 aromatic heterocycles. The van der Waals surface area contributed by atoms with Crippen molar-refractivity contribution >= 4 is 11.6 Å². The number of aliphatic hydroxyl groups is 1. The van der Waals surface area contributed by atoms with Crippen molar-refractivity contribution in [2.24, 2.45) is 5.41 Å². The van der Waals surface area contributed by atoms with E-state index in [-0.39, 0.29) is 11.5 Å². The lowest BCUT2D eigenvalue weighted by Gasteiger charge is -2.22. The number of nitrogens with one attached hydrogen (secondary N) is 2. The predicted molar refractivity (Wildman–Crippen MR) is 88.8 cm³/mol. The molecule has 0 spiro atoms. The van der Waals surface area contributed by atoms with Gasteiger partial charge < -0.3 is 15.7 Å². The molecule has 3 N–H and O–H groups in total. The standard InChI is InChI=1S/C16H30N4O/c1-6-8-13-19-14(17-7-2)9-15(20-13)18-11-12(21)10-16(3,4)5/h9,12,21H,6-8,10-11H2,1-5H3,(H2,17,18,19,20). The zero-order valence-corrected chi connectivity index (χ0v) is 14.0. The summed E-state index contributed by atoms with van der Waals surface area (Å²) in [5.41, 5.74) is 0.120. The molecule has 5 heteroatoms. The number of hydrogen-bond acceptors (Lipinski definition) is 5. The van der Waals surface area contributed by atoms with E-state index in [2.05, 4.69) is 48.3 Å². The van der Waals surface area contributed by atoms with E-state index in [0.717, 1.165) is 43.3 Å². The van der Waals surface area contributed by atoms with E-state index in [4.69, 9.17) is 0 Å². The van der Waals surface area contributed by atoms with Gasteiger partial charge >= 0.3 is 0 Å². The van der Waals surface area contributed by atoms with Crippen LogP contribution in [0.15, 0.2) is 6.07 Å². The van der Waals surface area contributed by atoms with Gasteiger partial charge in [0.2, 0.25) is 0 Å². The minimum absolute atomic E-state index is 0.120. The van der Waals surface area contributed by atoms with Crippen LogP contribution in [-0.2, 0) is 6.42 Å². The Morgan fingerprint density at radius 1 is 1.14 bits per heavy atom. The van der Waals surface area contributed by atoms with Gasteiger partial charge in [-0.2, -0.15) is 0 Å². The van der Waals surface area contributed by atoms with E-state index in [9.17, 15) is 5.11 Å². The second-order valence-corrected chi connectivity index (χ2v) is 6.63. The lowest BCUT2D eigenvalue weighted by molar-refractivity contribution is 0.132. The van der Waals surface area contributed by atoms with Crippen LogP contribution in [0.4, 0.5) is 11.6 Å². The molecule has 1 heterocycles. The molecule has 0 aromatic carbocycles. The minimum atomic E-state index is -0.378. The Hall–Kier alpha value is -1.36. The lowest BCUT2D eigenvalue weighted by Crippen LogP contribution is -2.25. The van der Waals surface area contributed by atoms with Gasteiger partial charge in [0.1, 0.15) is 17.5 Å². The molecule has 0 aliphatic rings. The molecule has 5 nitrogen and oxygen atoms in total. The van der Waals surface area contributed by atoms with Crippen LogP contribution >= 0.6 is 0 Å². The minimum Gasteiger partial charge on any atom is -0.391 e. The van der Waals surface area contributed by atoms with Crippen molar-refractivity contribution in [1.82, 2.24) is 9.97 Å². The molecular formula is C16H30N4O. The molecule has 0 aliphatic carbocycles. The topological polar surface area (TPSA) is 70.1 Å². The Labute approximate surface area is 128 Å². The van der Waals surface area contributed by atoms with E-state index < -0.39 is 0 Å². The summed E-state index contributed by atoms with van der Waals surface area (Å²) in [6, 6.07) is 1.90. The van der Waals surface area contributed by atoms with Crippen LogP contribution in [0.3, 0.4) is 0 Å². The van der Waals surface area contributed by atoms with E-state index in [1.807, 2.05) is 13.0 Å². The van der Waals surface area contributed by atoms with E-state index in [1.54, 1.807) is 0 Å². The maximum Gasteiger partial charge on any atom is 0.133 e. The average Bonchev–Trinajstić information content (AvgIpc) is 2.35. The van der Waals surface area contributed by atoms with Crippen molar-refractivity contribution in [3.63, 3.8) is 0 Å². The van der Waals surface area contributed by atoms with Gasteiger partial charge in [0, 0.05) is 25.6 Å². The molecule has 0 radical (unpaired) electrons. The number of anilines is 2. The highest BCUT2D eigenvalue weighted by Gasteiger charge is 2.16. The molecule has 0 saturated carbocycles. The summed E-state index contributed by atoms with van der Waals surface area (Å²) in [5.74, 6) is 2.45. The van der Waals surface area contributed by atoms with Crippen LogP contribution in [0.2, 0.25) is 0 Å². The quantitative estimate of drug-likeness (QED) is 0.687. The normalized spacial score (nSPS) is 13.0. The first kappa shape index (κ1) is 17.7. The number of hydrogen-bond donors (Lipinski definition) is 3. The first-order valence-electron chi connectivity index (χ1n) is 7.87. The zero-order valence-electron chi connectivity index (χ0n) is 14.0. The fourth-order valence-corrected chi connectivity index (χ4v) is 2.20. The Morgan fingerprint density at radius 3 is 2.29 bits per heavy atom. The van der Waals surface area contributed by atoms with Crippen LogP contribution in [0.5, 0.6) is 0 Å². The van der Waals surface area contributed by atoms with Crippen LogP contribution in [0.1, 0.15) is 53.3 Å². The Morgan fingerprint density at radius 2 is 1.76 bits per heavy atom. The number of aliphatic hydroxyl groups excluding tert-OH is 1. The molecule has 1 atom stereocenters. The molecule has 0 fully saturated rings. The van der Waals surface area contributed by atoms with Gasteiger partial charge in [0.15, 0.2) is 0 Å². The molecule has 0 saturated heterocycles. The summed E-state index contributed by atoms with van der Waals surface area (Å²) in [6.07, 6.45) is 2.25. The molecule has 0 aliphatic heterocycles. The van der Waals surface area contributed by atoms with Crippen LogP contribution in [-0.4, -0.2) is 34.3 Å². The highest BCUT2D eigenvalue weighted by atomic mass is 16.3. The summed E-state index contributed by atoms with van der Waals surface area (Å²) in [5, 5.41) is 16.5. The fourth-order valence-electron chi connectivity index (χ4n) is 2.20. The Balaban J connectivity index is 2.68. The fraction of sp³-hybridized carbons (Fsp3) is 0.750. The molecule has 120 valence electrons. The average molecular weight is 294 g/mol. The summed E-state index contributed by atoms with van der Waals surface area (Å²) in [7, 11) is 0. The Bertz CT molecular complexity index is 405. The highest BCUT2D eigenvalue weighted by molar-refractivity contribution is 5.47. The Kier molecular flexibility index (Phi) is 6.89. The second kappa shape index (κ2) is 8.17. The van der Waals surface area contributed by atoms with Crippen molar-refractivity contribution in [3.05, 3.63) is 11.9 Å². The van der Waals surface area contributed by atoms with Gasteiger partial charge in [-0.25, -0.2) is 9.97 Å². The van der Waals surface area contributed by atoms with Crippen molar-refractivity contribution in [2.45, 2.75) is 60.0 Å². The van der Waals surface area contributed by atoms with Gasteiger partial charge in [-0.05, 0) is 25.2 Å². The first-order chi connectivity index (χ1) is 9.84. The molecule has 1 aromatic rings. The summed E-state index contributed by atoms with van der Waals surface area (Å²) >= 11 is 0. The maximum atomic E-state index is 10.1. The largest absolute Gasteiger partial charge is 0.391 e. The summed E-state index contributed by atoms with van der Waals surface area (Å²) in [6.45, 7) is 11.9. The lowest BCUT2D eigenvalue weighted by atomic mass is 9.89. The SMILES string of the molecule is CCCc1nc(NCC)cc(NCC(O)CC(C)(C)C)n1. The van der Waals surface area contributed by atoms with Crippen molar-refractivity contribution in [3.8, 4) is 0 Å². The summed E-state index contributed by atoms with van der Waals surface area (Å²) in [4.78, 5) is 8.98. The third-order valence-corrected chi connectivity index (χ3v) is 2.97. The number of rotatable bonds is 8.